The van der Waals surface area contributed by atoms with Gasteiger partial charge in [-0.3, -0.25) is 9.59 Å². The molecule has 0 heterocycles. The first-order chi connectivity index (χ1) is 9.49. The molecular formula is C14H27N3O4. The zero-order valence-corrected chi connectivity index (χ0v) is 13.7. The number of nitrogens with zero attached hydrogens (tertiary/aromatic N) is 1. The summed E-state index contributed by atoms with van der Waals surface area (Å²) in [6.07, 6.45) is 0. The summed E-state index contributed by atoms with van der Waals surface area (Å²) >= 11 is 0. The Hall–Kier alpha value is -1.79. The van der Waals surface area contributed by atoms with Crippen molar-refractivity contribution in [1.82, 2.24) is 15.5 Å². The summed E-state index contributed by atoms with van der Waals surface area (Å²) < 4.78 is 0. The third-order valence-corrected chi connectivity index (χ3v) is 3.89. The van der Waals surface area contributed by atoms with Crippen molar-refractivity contribution in [3.63, 3.8) is 0 Å². The first-order valence-corrected chi connectivity index (χ1v) is 7.06. The van der Waals surface area contributed by atoms with Gasteiger partial charge in [0.15, 0.2) is 0 Å². The maximum atomic E-state index is 12.2. The van der Waals surface area contributed by atoms with Crippen molar-refractivity contribution < 1.29 is 19.5 Å². The Morgan fingerprint density at radius 2 is 1.62 bits per heavy atom. The summed E-state index contributed by atoms with van der Waals surface area (Å²) in [7, 11) is 0. The number of carbonyl (C=O) groups excluding carboxylic acids is 2. The van der Waals surface area contributed by atoms with E-state index >= 15 is 0 Å². The molecule has 0 fully saturated rings. The van der Waals surface area contributed by atoms with Gasteiger partial charge in [-0.05, 0) is 41.5 Å². The standard InChI is InChI=1S/C14H27N3O4/c1-7-15-10(18)9-17(8-2)12(21)16-14(5,6)13(3,4)11(19)20/h7-9H2,1-6H3,(H,15,18)(H,16,21)(H,19,20). The Bertz CT molecular complexity index is 405. The maximum absolute atomic E-state index is 12.2. The fourth-order valence-corrected chi connectivity index (χ4v) is 1.52. The minimum Gasteiger partial charge on any atom is -0.481 e. The SMILES string of the molecule is CCNC(=O)CN(CC)C(=O)NC(C)(C)C(C)(C)C(=O)O. The lowest BCUT2D eigenvalue weighted by Crippen LogP contribution is -2.60. The van der Waals surface area contributed by atoms with Crippen LogP contribution in [0.3, 0.4) is 0 Å². The number of likely N-dealkylation sites (N-methyl/N-ethyl adjacent to an activating group) is 2. The summed E-state index contributed by atoms with van der Waals surface area (Å²) in [6.45, 7) is 10.8. The van der Waals surface area contributed by atoms with E-state index < -0.39 is 23.0 Å². The molecule has 3 N–H and O–H groups in total. The highest BCUT2D eigenvalue weighted by Gasteiger charge is 2.45. The molecule has 0 saturated heterocycles. The van der Waals surface area contributed by atoms with Gasteiger partial charge >= 0.3 is 12.0 Å². The second-order valence-corrected chi connectivity index (χ2v) is 5.95. The van der Waals surface area contributed by atoms with Crippen LogP contribution >= 0.6 is 0 Å². The van der Waals surface area contributed by atoms with Crippen LogP contribution in [0.15, 0.2) is 0 Å². The summed E-state index contributed by atoms with van der Waals surface area (Å²) in [5.41, 5.74) is -2.11. The van der Waals surface area contributed by atoms with Crippen LogP contribution in [0, 0.1) is 5.41 Å². The van der Waals surface area contributed by atoms with Gasteiger partial charge in [0.1, 0.15) is 6.54 Å². The molecule has 0 saturated carbocycles. The van der Waals surface area contributed by atoms with Crippen LogP contribution in [0.2, 0.25) is 0 Å². The number of amides is 3. The van der Waals surface area contributed by atoms with Crippen LogP contribution in [0.4, 0.5) is 4.79 Å². The number of carboxylic acids is 1. The lowest BCUT2D eigenvalue weighted by molar-refractivity contribution is -0.150. The summed E-state index contributed by atoms with van der Waals surface area (Å²) in [6, 6.07) is -0.455. The van der Waals surface area contributed by atoms with Crippen LogP contribution in [0.25, 0.3) is 0 Å². The largest absolute Gasteiger partial charge is 0.481 e. The van der Waals surface area contributed by atoms with Crippen molar-refractivity contribution in [2.45, 2.75) is 47.1 Å². The van der Waals surface area contributed by atoms with E-state index in [4.69, 9.17) is 0 Å². The van der Waals surface area contributed by atoms with Gasteiger partial charge in [0.25, 0.3) is 0 Å². The van der Waals surface area contributed by atoms with Gasteiger partial charge in [-0.15, -0.1) is 0 Å². The average molecular weight is 301 g/mol. The number of urea groups is 1. The van der Waals surface area contributed by atoms with E-state index in [9.17, 15) is 19.5 Å². The van der Waals surface area contributed by atoms with E-state index in [2.05, 4.69) is 10.6 Å². The highest BCUT2D eigenvalue weighted by Crippen LogP contribution is 2.30. The van der Waals surface area contributed by atoms with Crippen LogP contribution in [0.1, 0.15) is 41.5 Å². The van der Waals surface area contributed by atoms with Gasteiger partial charge in [0.05, 0.1) is 11.0 Å². The molecule has 0 radical (unpaired) electrons. The molecule has 7 heteroatoms. The molecule has 0 aromatic carbocycles. The smallest absolute Gasteiger partial charge is 0.318 e. The minimum atomic E-state index is -1.15. The maximum Gasteiger partial charge on any atom is 0.318 e. The van der Waals surface area contributed by atoms with Crippen molar-refractivity contribution in [3.05, 3.63) is 0 Å². The predicted octanol–water partition coefficient (Wildman–Crippen LogP) is 1.04. The van der Waals surface area contributed by atoms with Crippen molar-refractivity contribution in [3.8, 4) is 0 Å². The van der Waals surface area contributed by atoms with Crippen molar-refractivity contribution >= 4 is 17.9 Å². The minimum absolute atomic E-state index is 0.0558. The van der Waals surface area contributed by atoms with Gasteiger partial charge in [0.2, 0.25) is 5.91 Å². The van der Waals surface area contributed by atoms with Gasteiger partial charge in [0, 0.05) is 13.1 Å². The summed E-state index contributed by atoms with van der Waals surface area (Å²) in [5, 5.41) is 14.6. The number of carboxylic acid groups (broad SMARTS) is 1. The number of rotatable bonds is 7. The Morgan fingerprint density at radius 1 is 1.10 bits per heavy atom. The summed E-state index contributed by atoms with van der Waals surface area (Å²) in [5.74, 6) is -1.25. The summed E-state index contributed by atoms with van der Waals surface area (Å²) in [4.78, 5) is 36.5. The highest BCUT2D eigenvalue weighted by molar-refractivity contribution is 5.85. The van der Waals surface area contributed by atoms with Crippen molar-refractivity contribution in [2.75, 3.05) is 19.6 Å². The van der Waals surface area contributed by atoms with Crippen LogP contribution in [-0.2, 0) is 9.59 Å². The van der Waals surface area contributed by atoms with Gasteiger partial charge in [-0.2, -0.15) is 0 Å². The molecule has 0 spiro atoms. The van der Waals surface area contributed by atoms with E-state index in [1.807, 2.05) is 0 Å². The van der Waals surface area contributed by atoms with Crippen LogP contribution in [-0.4, -0.2) is 53.1 Å². The number of carbonyl (C=O) groups is 3. The molecule has 21 heavy (non-hydrogen) atoms. The first kappa shape index (κ1) is 19.2. The third kappa shape index (κ3) is 4.91. The molecule has 0 rings (SSSR count). The number of aliphatic carboxylic acids is 1. The first-order valence-electron chi connectivity index (χ1n) is 7.06. The van der Waals surface area contributed by atoms with E-state index in [0.29, 0.717) is 13.1 Å². The lowest BCUT2D eigenvalue weighted by Gasteiger charge is -2.40. The molecule has 0 aliphatic carbocycles. The molecule has 3 amide bonds. The lowest BCUT2D eigenvalue weighted by atomic mass is 9.74. The monoisotopic (exact) mass is 301 g/mol. The molecule has 0 aromatic rings. The van der Waals surface area contributed by atoms with Crippen molar-refractivity contribution in [1.29, 1.82) is 0 Å². The zero-order chi connectivity index (χ0) is 16.8. The predicted molar refractivity (Wildman–Crippen MR) is 80.0 cm³/mol. The Morgan fingerprint density at radius 3 is 2.00 bits per heavy atom. The fraction of sp³-hybridized carbons (Fsp3) is 0.786. The highest BCUT2D eigenvalue weighted by atomic mass is 16.4. The fourth-order valence-electron chi connectivity index (χ4n) is 1.52. The molecule has 0 aromatic heterocycles. The molecular weight excluding hydrogens is 274 g/mol. The second kappa shape index (κ2) is 7.28. The van der Waals surface area contributed by atoms with Gasteiger partial charge in [-0.25, -0.2) is 4.79 Å². The van der Waals surface area contributed by atoms with E-state index in [0.717, 1.165) is 0 Å². The molecule has 0 aliphatic rings. The van der Waals surface area contributed by atoms with Gasteiger partial charge < -0.3 is 20.6 Å². The van der Waals surface area contributed by atoms with Gasteiger partial charge in [-0.1, -0.05) is 0 Å². The molecule has 0 aliphatic heterocycles. The van der Waals surface area contributed by atoms with Crippen LogP contribution in [0.5, 0.6) is 0 Å². The molecule has 0 bridgehead atoms. The normalized spacial score (nSPS) is 11.7. The molecule has 7 nitrogen and oxygen atoms in total. The van der Waals surface area contributed by atoms with E-state index in [-0.39, 0.29) is 12.5 Å². The Balaban J connectivity index is 4.92. The number of hydrogen-bond donors (Lipinski definition) is 3. The van der Waals surface area contributed by atoms with E-state index in [1.165, 1.54) is 4.90 Å². The number of hydrogen-bond acceptors (Lipinski definition) is 3. The third-order valence-electron chi connectivity index (χ3n) is 3.89. The Labute approximate surface area is 126 Å². The topological polar surface area (TPSA) is 98.7 Å². The van der Waals surface area contributed by atoms with Crippen molar-refractivity contribution in [2.24, 2.45) is 5.41 Å². The Kier molecular flexibility index (Phi) is 6.66. The zero-order valence-electron chi connectivity index (χ0n) is 13.7. The van der Waals surface area contributed by atoms with E-state index in [1.54, 1.807) is 41.5 Å². The number of nitrogens with one attached hydrogen (secondary N) is 2. The molecule has 0 unspecified atom stereocenters. The molecule has 122 valence electrons. The second-order valence-electron chi connectivity index (χ2n) is 5.95. The van der Waals surface area contributed by atoms with Crippen LogP contribution < -0.4 is 10.6 Å². The molecule has 0 atom stereocenters. The average Bonchev–Trinajstić information content (AvgIpc) is 2.35. The quantitative estimate of drug-likeness (QED) is 0.654.